The van der Waals surface area contributed by atoms with Crippen LogP contribution in [0.4, 0.5) is 5.95 Å². The zero-order valence-electron chi connectivity index (χ0n) is 14.5. The number of hydrogen-bond acceptors (Lipinski definition) is 5. The molecule has 1 saturated heterocycles. The summed E-state index contributed by atoms with van der Waals surface area (Å²) in [7, 11) is 0. The van der Waals surface area contributed by atoms with Crippen LogP contribution in [-0.2, 0) is 4.79 Å². The molecule has 2 aliphatic rings. The number of piperazine rings is 1. The average Bonchev–Trinajstić information content (AvgIpc) is 2.90. The van der Waals surface area contributed by atoms with Gasteiger partial charge in [-0.1, -0.05) is 25.7 Å². The number of amides is 1. The van der Waals surface area contributed by atoms with Crippen molar-refractivity contribution in [1.29, 1.82) is 0 Å². The van der Waals surface area contributed by atoms with Crippen LogP contribution in [0.25, 0.3) is 0 Å². The summed E-state index contributed by atoms with van der Waals surface area (Å²) in [6.07, 6.45) is 11.6. The molecule has 1 aromatic rings. The second-order valence-electron chi connectivity index (χ2n) is 6.88. The molecule has 2 fully saturated rings. The first-order valence-corrected chi connectivity index (χ1v) is 9.35. The maximum Gasteiger partial charge on any atom is 0.225 e. The third kappa shape index (κ3) is 5.16. The van der Waals surface area contributed by atoms with Crippen LogP contribution in [0.2, 0.25) is 0 Å². The third-order valence-corrected chi connectivity index (χ3v) is 5.08. The Bertz CT molecular complexity index is 493. The van der Waals surface area contributed by atoms with Gasteiger partial charge in [-0.3, -0.25) is 9.69 Å². The molecule has 1 amide bonds. The normalized spacial score (nSPS) is 20.6. The van der Waals surface area contributed by atoms with Crippen LogP contribution < -0.4 is 10.2 Å². The number of aromatic nitrogens is 2. The summed E-state index contributed by atoms with van der Waals surface area (Å²) in [5.74, 6) is 1.03. The van der Waals surface area contributed by atoms with E-state index in [4.69, 9.17) is 0 Å². The molecular formula is C18H29N5O. The number of anilines is 1. The van der Waals surface area contributed by atoms with E-state index in [0.29, 0.717) is 12.5 Å². The molecule has 1 N–H and O–H groups in total. The van der Waals surface area contributed by atoms with Crippen molar-refractivity contribution in [3.63, 3.8) is 0 Å². The SMILES string of the molecule is O=C(CCN1CCN(c2ncccn2)CC1)NC1CCCCCC1. The highest BCUT2D eigenvalue weighted by Crippen LogP contribution is 2.17. The minimum atomic E-state index is 0.218. The largest absolute Gasteiger partial charge is 0.353 e. The lowest BCUT2D eigenvalue weighted by Crippen LogP contribution is -2.48. The molecule has 1 aliphatic heterocycles. The van der Waals surface area contributed by atoms with Crippen LogP contribution in [0.3, 0.4) is 0 Å². The first kappa shape index (κ1) is 17.1. The van der Waals surface area contributed by atoms with Gasteiger partial charge in [0.2, 0.25) is 11.9 Å². The van der Waals surface area contributed by atoms with Crippen molar-refractivity contribution >= 4 is 11.9 Å². The van der Waals surface area contributed by atoms with Gasteiger partial charge in [-0.2, -0.15) is 0 Å². The molecule has 0 unspecified atom stereocenters. The average molecular weight is 331 g/mol. The van der Waals surface area contributed by atoms with Crippen molar-refractivity contribution in [2.45, 2.75) is 51.0 Å². The van der Waals surface area contributed by atoms with E-state index >= 15 is 0 Å². The smallest absolute Gasteiger partial charge is 0.225 e. The van der Waals surface area contributed by atoms with Gasteiger partial charge < -0.3 is 10.2 Å². The van der Waals surface area contributed by atoms with Gasteiger partial charge in [0.05, 0.1) is 0 Å². The Kier molecular flexibility index (Phi) is 6.41. The molecule has 6 nitrogen and oxygen atoms in total. The molecule has 3 rings (SSSR count). The number of carbonyl (C=O) groups is 1. The van der Waals surface area contributed by atoms with E-state index < -0.39 is 0 Å². The fourth-order valence-corrected chi connectivity index (χ4v) is 3.61. The van der Waals surface area contributed by atoms with Gasteiger partial charge in [-0.15, -0.1) is 0 Å². The standard InChI is InChI=1S/C18H29N5O/c24-17(21-16-6-3-1-2-4-7-16)8-11-22-12-14-23(15-13-22)18-19-9-5-10-20-18/h5,9-10,16H,1-4,6-8,11-15H2,(H,21,24). The van der Waals surface area contributed by atoms with Gasteiger partial charge in [-0.05, 0) is 18.9 Å². The Morgan fingerprint density at radius 1 is 1.04 bits per heavy atom. The minimum absolute atomic E-state index is 0.218. The number of carbonyl (C=O) groups excluding carboxylic acids is 1. The van der Waals surface area contributed by atoms with E-state index in [1.807, 2.05) is 6.07 Å². The molecule has 2 heterocycles. The van der Waals surface area contributed by atoms with Crippen LogP contribution in [0.1, 0.15) is 44.9 Å². The van der Waals surface area contributed by atoms with Crippen molar-refractivity contribution < 1.29 is 4.79 Å². The van der Waals surface area contributed by atoms with Crippen LogP contribution >= 0.6 is 0 Å². The Morgan fingerprint density at radius 3 is 2.38 bits per heavy atom. The number of nitrogens with one attached hydrogen (secondary N) is 1. The van der Waals surface area contributed by atoms with Crippen molar-refractivity contribution in [3.8, 4) is 0 Å². The second-order valence-corrected chi connectivity index (χ2v) is 6.88. The van der Waals surface area contributed by atoms with Gasteiger partial charge in [0, 0.05) is 57.6 Å². The molecule has 0 spiro atoms. The van der Waals surface area contributed by atoms with Gasteiger partial charge >= 0.3 is 0 Å². The summed E-state index contributed by atoms with van der Waals surface area (Å²) >= 11 is 0. The molecular weight excluding hydrogens is 302 g/mol. The molecule has 1 saturated carbocycles. The monoisotopic (exact) mass is 331 g/mol. The van der Waals surface area contributed by atoms with Crippen molar-refractivity contribution in [2.75, 3.05) is 37.6 Å². The maximum atomic E-state index is 12.2. The molecule has 0 aromatic carbocycles. The van der Waals surface area contributed by atoms with Crippen molar-refractivity contribution in [3.05, 3.63) is 18.5 Å². The molecule has 0 bridgehead atoms. The zero-order valence-corrected chi connectivity index (χ0v) is 14.5. The van der Waals surface area contributed by atoms with E-state index in [0.717, 1.165) is 51.5 Å². The third-order valence-electron chi connectivity index (χ3n) is 5.08. The van der Waals surface area contributed by atoms with Crippen LogP contribution in [0, 0.1) is 0 Å². The molecule has 1 aromatic heterocycles. The number of nitrogens with zero attached hydrogens (tertiary/aromatic N) is 4. The Labute approximate surface area is 144 Å². The lowest BCUT2D eigenvalue weighted by molar-refractivity contribution is -0.122. The van der Waals surface area contributed by atoms with Crippen molar-refractivity contribution in [1.82, 2.24) is 20.2 Å². The first-order valence-electron chi connectivity index (χ1n) is 9.35. The van der Waals surface area contributed by atoms with E-state index in [9.17, 15) is 4.79 Å². The van der Waals surface area contributed by atoms with Crippen LogP contribution in [0.5, 0.6) is 0 Å². The lowest BCUT2D eigenvalue weighted by atomic mass is 10.1. The molecule has 24 heavy (non-hydrogen) atoms. The summed E-state index contributed by atoms with van der Waals surface area (Å²) in [5.41, 5.74) is 0. The van der Waals surface area contributed by atoms with Gasteiger partial charge in [0.25, 0.3) is 0 Å². The number of rotatable bonds is 5. The predicted octanol–water partition coefficient (Wildman–Crippen LogP) is 1.83. The predicted molar refractivity (Wildman–Crippen MR) is 94.9 cm³/mol. The highest BCUT2D eigenvalue weighted by atomic mass is 16.1. The lowest BCUT2D eigenvalue weighted by Gasteiger charge is -2.34. The zero-order chi connectivity index (χ0) is 16.6. The summed E-state index contributed by atoms with van der Waals surface area (Å²) in [5, 5.41) is 3.24. The topological polar surface area (TPSA) is 61.4 Å². The Morgan fingerprint density at radius 2 is 1.71 bits per heavy atom. The van der Waals surface area contributed by atoms with E-state index in [1.54, 1.807) is 12.4 Å². The van der Waals surface area contributed by atoms with Crippen molar-refractivity contribution in [2.24, 2.45) is 0 Å². The van der Waals surface area contributed by atoms with Gasteiger partial charge in [-0.25, -0.2) is 9.97 Å². The molecule has 0 atom stereocenters. The van der Waals surface area contributed by atoms with E-state index in [1.165, 1.54) is 25.7 Å². The van der Waals surface area contributed by atoms with Crippen LogP contribution in [-0.4, -0.2) is 59.5 Å². The second kappa shape index (κ2) is 8.97. The first-order chi connectivity index (χ1) is 11.8. The van der Waals surface area contributed by atoms with Crippen LogP contribution in [0.15, 0.2) is 18.5 Å². The highest BCUT2D eigenvalue weighted by molar-refractivity contribution is 5.76. The molecule has 0 radical (unpaired) electrons. The van der Waals surface area contributed by atoms with Gasteiger partial charge in [0.1, 0.15) is 0 Å². The highest BCUT2D eigenvalue weighted by Gasteiger charge is 2.20. The van der Waals surface area contributed by atoms with E-state index in [-0.39, 0.29) is 5.91 Å². The Balaban J connectivity index is 1.35. The quantitative estimate of drug-likeness (QED) is 0.834. The van der Waals surface area contributed by atoms with E-state index in [2.05, 4.69) is 25.1 Å². The summed E-state index contributed by atoms with van der Waals surface area (Å²) in [6.45, 7) is 4.63. The van der Waals surface area contributed by atoms with Gasteiger partial charge in [0.15, 0.2) is 0 Å². The minimum Gasteiger partial charge on any atom is -0.353 e. The summed E-state index contributed by atoms with van der Waals surface area (Å²) < 4.78 is 0. The molecule has 6 heteroatoms. The summed E-state index contributed by atoms with van der Waals surface area (Å²) in [4.78, 5) is 25.4. The number of hydrogen-bond donors (Lipinski definition) is 1. The maximum absolute atomic E-state index is 12.2. The molecule has 1 aliphatic carbocycles. The fourth-order valence-electron chi connectivity index (χ4n) is 3.61. The Hall–Kier alpha value is -1.69. The fraction of sp³-hybridized carbons (Fsp3) is 0.722. The summed E-state index contributed by atoms with van der Waals surface area (Å²) in [6, 6.07) is 2.25. The molecule has 132 valence electrons.